The zero-order valence-corrected chi connectivity index (χ0v) is 9.44. The lowest BCUT2D eigenvalue weighted by Crippen LogP contribution is -2.29. The van der Waals surface area contributed by atoms with Gasteiger partial charge in [-0.15, -0.1) is 11.6 Å². The third-order valence-corrected chi connectivity index (χ3v) is 2.26. The average molecular weight is 230 g/mol. The largest absolute Gasteiger partial charge is 0.351 e. The maximum atomic E-state index is 13.1. The fraction of sp³-hybridized carbons (Fsp3) is 0.364. The lowest BCUT2D eigenvalue weighted by atomic mass is 10.1. The number of carbonyl (C=O) groups is 1. The Bertz CT molecular complexity index is 366. The Morgan fingerprint density at radius 2 is 2.27 bits per heavy atom. The summed E-state index contributed by atoms with van der Waals surface area (Å²) in [5.74, 6) is -0.515. The van der Waals surface area contributed by atoms with Crippen LogP contribution in [0.2, 0.25) is 0 Å². The summed E-state index contributed by atoms with van der Waals surface area (Å²) < 4.78 is 13.1. The van der Waals surface area contributed by atoms with Crippen molar-refractivity contribution < 1.29 is 9.18 Å². The van der Waals surface area contributed by atoms with Gasteiger partial charge in [0.05, 0.1) is 0 Å². The van der Waals surface area contributed by atoms with Crippen LogP contribution in [0, 0.1) is 12.7 Å². The normalized spacial score (nSPS) is 12.3. The molecule has 1 N–H and O–H groups in total. The van der Waals surface area contributed by atoms with Gasteiger partial charge in [0, 0.05) is 6.54 Å². The van der Waals surface area contributed by atoms with Gasteiger partial charge < -0.3 is 5.32 Å². The van der Waals surface area contributed by atoms with Crippen LogP contribution in [0.4, 0.5) is 4.39 Å². The van der Waals surface area contributed by atoms with Crippen LogP contribution in [0.5, 0.6) is 0 Å². The number of amides is 1. The van der Waals surface area contributed by atoms with Crippen molar-refractivity contribution in [3.05, 3.63) is 35.1 Å². The van der Waals surface area contributed by atoms with Gasteiger partial charge in [-0.2, -0.15) is 0 Å². The molecule has 0 saturated carbocycles. The molecule has 0 aliphatic carbocycles. The second kappa shape index (κ2) is 5.12. The van der Waals surface area contributed by atoms with Crippen LogP contribution in [-0.2, 0) is 11.3 Å². The molecule has 1 rings (SSSR count). The van der Waals surface area contributed by atoms with Crippen molar-refractivity contribution >= 4 is 17.5 Å². The number of aryl methyl sites for hydroxylation is 1. The molecule has 0 saturated heterocycles. The van der Waals surface area contributed by atoms with E-state index in [9.17, 15) is 9.18 Å². The van der Waals surface area contributed by atoms with E-state index in [1.807, 2.05) is 0 Å². The Balaban J connectivity index is 2.58. The third-order valence-electron chi connectivity index (χ3n) is 2.06. The van der Waals surface area contributed by atoms with Crippen molar-refractivity contribution in [1.82, 2.24) is 5.32 Å². The van der Waals surface area contributed by atoms with E-state index in [0.29, 0.717) is 12.1 Å². The summed E-state index contributed by atoms with van der Waals surface area (Å²) in [6.45, 7) is 3.58. The van der Waals surface area contributed by atoms with E-state index >= 15 is 0 Å². The van der Waals surface area contributed by atoms with Gasteiger partial charge in [-0.25, -0.2) is 4.39 Å². The zero-order chi connectivity index (χ0) is 11.4. The number of benzene rings is 1. The quantitative estimate of drug-likeness (QED) is 0.793. The number of alkyl halides is 1. The molecule has 0 spiro atoms. The number of nitrogens with one attached hydrogen (secondary N) is 1. The molecule has 1 aromatic rings. The molecule has 0 radical (unpaired) electrons. The number of rotatable bonds is 3. The highest BCUT2D eigenvalue weighted by molar-refractivity contribution is 6.30. The summed E-state index contributed by atoms with van der Waals surface area (Å²) in [7, 11) is 0. The molecule has 0 aromatic heterocycles. The fourth-order valence-corrected chi connectivity index (χ4v) is 1.15. The first-order valence-corrected chi connectivity index (χ1v) is 5.11. The molecule has 0 fully saturated rings. The van der Waals surface area contributed by atoms with Crippen LogP contribution in [0.15, 0.2) is 18.2 Å². The summed E-state index contributed by atoms with van der Waals surface area (Å²) in [4.78, 5) is 11.1. The maximum Gasteiger partial charge on any atom is 0.238 e. The third kappa shape index (κ3) is 3.51. The highest BCUT2D eigenvalue weighted by atomic mass is 35.5. The first-order valence-electron chi connectivity index (χ1n) is 4.67. The average Bonchev–Trinajstić information content (AvgIpc) is 2.19. The summed E-state index contributed by atoms with van der Waals surface area (Å²) in [5, 5.41) is 2.04. The molecule has 0 bridgehead atoms. The van der Waals surface area contributed by atoms with Crippen molar-refractivity contribution in [2.75, 3.05) is 0 Å². The van der Waals surface area contributed by atoms with Gasteiger partial charge in [-0.3, -0.25) is 4.79 Å². The van der Waals surface area contributed by atoms with Gasteiger partial charge in [0.1, 0.15) is 11.2 Å². The van der Waals surface area contributed by atoms with E-state index < -0.39 is 5.38 Å². The van der Waals surface area contributed by atoms with Crippen molar-refractivity contribution in [3.8, 4) is 0 Å². The van der Waals surface area contributed by atoms with Gasteiger partial charge >= 0.3 is 0 Å². The molecule has 1 amide bonds. The molecule has 0 aliphatic rings. The van der Waals surface area contributed by atoms with Gasteiger partial charge in [-0.05, 0) is 31.0 Å². The molecule has 0 aliphatic heterocycles. The predicted molar refractivity (Wildman–Crippen MR) is 58.3 cm³/mol. The molecule has 0 heterocycles. The Morgan fingerprint density at radius 1 is 1.60 bits per heavy atom. The smallest absolute Gasteiger partial charge is 0.238 e. The topological polar surface area (TPSA) is 29.1 Å². The van der Waals surface area contributed by atoms with Crippen molar-refractivity contribution in [2.45, 2.75) is 25.8 Å². The lowest BCUT2D eigenvalue weighted by molar-refractivity contribution is -0.120. The standard InChI is InChI=1S/C11H13ClFNO/c1-7-3-4-9(5-10(7)13)6-14-11(15)8(2)12/h3-5,8H,6H2,1-2H3,(H,14,15). The number of hydrogen-bond donors (Lipinski definition) is 1. The summed E-state index contributed by atoms with van der Waals surface area (Å²) in [6.07, 6.45) is 0. The highest BCUT2D eigenvalue weighted by Gasteiger charge is 2.08. The van der Waals surface area contributed by atoms with Crippen molar-refractivity contribution in [2.24, 2.45) is 0 Å². The minimum absolute atomic E-state index is 0.252. The molecular formula is C11H13ClFNO. The van der Waals surface area contributed by atoms with Crippen LogP contribution in [-0.4, -0.2) is 11.3 Å². The van der Waals surface area contributed by atoms with E-state index in [1.165, 1.54) is 6.07 Å². The van der Waals surface area contributed by atoms with E-state index in [2.05, 4.69) is 5.32 Å². The van der Waals surface area contributed by atoms with Gasteiger partial charge in [-0.1, -0.05) is 12.1 Å². The van der Waals surface area contributed by atoms with Crippen molar-refractivity contribution in [1.29, 1.82) is 0 Å². The summed E-state index contributed by atoms with van der Waals surface area (Å²) in [5.41, 5.74) is 1.32. The van der Waals surface area contributed by atoms with E-state index in [-0.39, 0.29) is 11.7 Å². The van der Waals surface area contributed by atoms with Crippen LogP contribution >= 0.6 is 11.6 Å². The van der Waals surface area contributed by atoms with Crippen LogP contribution < -0.4 is 5.32 Å². The van der Waals surface area contributed by atoms with Crippen LogP contribution in [0.3, 0.4) is 0 Å². The van der Waals surface area contributed by atoms with Crippen LogP contribution in [0.1, 0.15) is 18.1 Å². The Hall–Kier alpha value is -1.09. The minimum Gasteiger partial charge on any atom is -0.351 e. The molecule has 15 heavy (non-hydrogen) atoms. The molecule has 2 nitrogen and oxygen atoms in total. The second-order valence-electron chi connectivity index (χ2n) is 3.42. The molecule has 1 unspecified atom stereocenters. The Kier molecular flexibility index (Phi) is 4.09. The zero-order valence-electron chi connectivity index (χ0n) is 8.68. The molecule has 1 aromatic carbocycles. The molecule has 1 atom stereocenters. The van der Waals surface area contributed by atoms with Crippen LogP contribution in [0.25, 0.3) is 0 Å². The van der Waals surface area contributed by atoms with Gasteiger partial charge in [0.15, 0.2) is 0 Å². The summed E-state index contributed by atoms with van der Waals surface area (Å²) >= 11 is 5.56. The van der Waals surface area contributed by atoms with Gasteiger partial charge in [0.2, 0.25) is 5.91 Å². The Labute approximate surface area is 93.4 Å². The Morgan fingerprint density at radius 3 is 2.80 bits per heavy atom. The monoisotopic (exact) mass is 229 g/mol. The fourth-order valence-electron chi connectivity index (χ4n) is 1.08. The summed E-state index contributed by atoms with van der Waals surface area (Å²) in [6, 6.07) is 4.87. The number of halogens is 2. The maximum absolute atomic E-state index is 13.1. The second-order valence-corrected chi connectivity index (χ2v) is 4.07. The van der Waals surface area contributed by atoms with Crippen molar-refractivity contribution in [3.63, 3.8) is 0 Å². The molecule has 82 valence electrons. The van der Waals surface area contributed by atoms with Gasteiger partial charge in [0.25, 0.3) is 0 Å². The predicted octanol–water partition coefficient (Wildman–Crippen LogP) is 2.38. The lowest BCUT2D eigenvalue weighted by Gasteiger charge is -2.07. The number of hydrogen-bond acceptors (Lipinski definition) is 1. The van der Waals surface area contributed by atoms with E-state index in [4.69, 9.17) is 11.6 Å². The highest BCUT2D eigenvalue weighted by Crippen LogP contribution is 2.09. The molecule has 4 heteroatoms. The first kappa shape index (κ1) is 12.0. The van der Waals surface area contributed by atoms with E-state index in [1.54, 1.807) is 26.0 Å². The minimum atomic E-state index is -0.569. The van der Waals surface area contributed by atoms with E-state index in [0.717, 1.165) is 5.56 Å². The molecular weight excluding hydrogens is 217 g/mol. The first-order chi connectivity index (χ1) is 7.00. The SMILES string of the molecule is Cc1ccc(CNC(=O)C(C)Cl)cc1F. The number of carbonyl (C=O) groups excluding carboxylic acids is 1.